The largest absolute Gasteiger partial charge is 0.352 e. The minimum Gasteiger partial charge on any atom is -0.352 e. The van der Waals surface area contributed by atoms with Crippen LogP contribution in [0.1, 0.15) is 47.2 Å². The molecule has 0 unspecified atom stereocenters. The van der Waals surface area contributed by atoms with Crippen LogP contribution < -0.4 is 10.5 Å². The molecule has 116 valence electrons. The summed E-state index contributed by atoms with van der Waals surface area (Å²) in [5.41, 5.74) is 1.68. The summed E-state index contributed by atoms with van der Waals surface area (Å²) in [6.07, 6.45) is 4.74. The molecule has 1 aromatic rings. The maximum Gasteiger partial charge on any atom is 0.251 e. The van der Waals surface area contributed by atoms with E-state index in [2.05, 4.69) is 5.32 Å². The molecule has 21 heavy (non-hydrogen) atoms. The monoisotopic (exact) mass is 310 g/mol. The Morgan fingerprint density at radius 1 is 1.29 bits per heavy atom. The normalized spacial score (nSPS) is 16.1. The SMILES string of the molecule is Cc1cc(C(=O)NCC2CCCC2)cc(S(N)(=O)=O)c1C. The summed E-state index contributed by atoms with van der Waals surface area (Å²) in [4.78, 5) is 12.2. The third kappa shape index (κ3) is 3.83. The van der Waals surface area contributed by atoms with E-state index in [1.807, 2.05) is 0 Å². The lowest BCUT2D eigenvalue weighted by Crippen LogP contribution is -2.29. The fraction of sp³-hybridized carbons (Fsp3) is 0.533. The number of primary sulfonamides is 1. The third-order valence-electron chi connectivity index (χ3n) is 4.21. The number of carbonyl (C=O) groups is 1. The van der Waals surface area contributed by atoms with Crippen LogP contribution in [0.5, 0.6) is 0 Å². The predicted octanol–water partition coefficient (Wildman–Crippen LogP) is 1.87. The van der Waals surface area contributed by atoms with Crippen LogP contribution in [0, 0.1) is 19.8 Å². The predicted molar refractivity (Wildman–Crippen MR) is 81.6 cm³/mol. The summed E-state index contributed by atoms with van der Waals surface area (Å²) in [5, 5.41) is 8.10. The van der Waals surface area contributed by atoms with E-state index in [1.165, 1.54) is 18.9 Å². The smallest absolute Gasteiger partial charge is 0.251 e. The number of sulfonamides is 1. The van der Waals surface area contributed by atoms with Crippen LogP contribution in [0.25, 0.3) is 0 Å². The molecule has 0 spiro atoms. The zero-order valence-corrected chi connectivity index (χ0v) is 13.3. The number of hydrogen-bond acceptors (Lipinski definition) is 3. The van der Waals surface area contributed by atoms with Gasteiger partial charge >= 0.3 is 0 Å². The third-order valence-corrected chi connectivity index (χ3v) is 5.25. The van der Waals surface area contributed by atoms with Gasteiger partial charge in [-0.15, -0.1) is 0 Å². The summed E-state index contributed by atoms with van der Waals surface area (Å²) in [6, 6.07) is 3.07. The molecule has 0 bridgehead atoms. The van der Waals surface area contributed by atoms with Crippen molar-refractivity contribution in [2.75, 3.05) is 6.54 Å². The average Bonchev–Trinajstić information content (AvgIpc) is 2.90. The number of amides is 1. The lowest BCUT2D eigenvalue weighted by atomic mass is 10.0. The van der Waals surface area contributed by atoms with Gasteiger partial charge in [0.2, 0.25) is 10.0 Å². The summed E-state index contributed by atoms with van der Waals surface area (Å²) in [5.74, 6) is 0.299. The van der Waals surface area contributed by atoms with Gasteiger partial charge in [0, 0.05) is 12.1 Å². The van der Waals surface area contributed by atoms with Gasteiger partial charge < -0.3 is 5.32 Å². The van der Waals surface area contributed by atoms with E-state index in [4.69, 9.17) is 5.14 Å². The van der Waals surface area contributed by atoms with Crippen molar-refractivity contribution in [3.05, 3.63) is 28.8 Å². The number of nitrogens with one attached hydrogen (secondary N) is 1. The van der Waals surface area contributed by atoms with E-state index in [1.54, 1.807) is 19.9 Å². The lowest BCUT2D eigenvalue weighted by molar-refractivity contribution is 0.0947. The summed E-state index contributed by atoms with van der Waals surface area (Å²) in [7, 11) is -3.82. The molecule has 2 rings (SSSR count). The number of rotatable bonds is 4. The Bertz CT molecular complexity index is 647. The summed E-state index contributed by atoms with van der Waals surface area (Å²) < 4.78 is 23.2. The van der Waals surface area contributed by atoms with Crippen LogP contribution in [0.2, 0.25) is 0 Å². The second-order valence-electron chi connectivity index (χ2n) is 5.82. The van der Waals surface area contributed by atoms with Crippen molar-refractivity contribution in [3.63, 3.8) is 0 Å². The molecule has 1 aromatic carbocycles. The summed E-state index contributed by atoms with van der Waals surface area (Å²) in [6.45, 7) is 4.11. The van der Waals surface area contributed by atoms with Crippen LogP contribution in [-0.2, 0) is 10.0 Å². The maximum absolute atomic E-state index is 12.2. The molecule has 0 radical (unpaired) electrons. The molecule has 0 aliphatic heterocycles. The molecule has 0 heterocycles. The average molecular weight is 310 g/mol. The minimum atomic E-state index is -3.82. The molecule has 5 nitrogen and oxygen atoms in total. The van der Waals surface area contributed by atoms with E-state index >= 15 is 0 Å². The molecular weight excluding hydrogens is 288 g/mol. The lowest BCUT2D eigenvalue weighted by Gasteiger charge is -2.13. The summed E-state index contributed by atoms with van der Waals surface area (Å²) >= 11 is 0. The Labute approximate surface area is 126 Å². The van der Waals surface area contributed by atoms with Crippen molar-refractivity contribution in [3.8, 4) is 0 Å². The highest BCUT2D eigenvalue weighted by Gasteiger charge is 2.19. The van der Waals surface area contributed by atoms with Crippen molar-refractivity contribution in [2.24, 2.45) is 11.1 Å². The maximum atomic E-state index is 12.2. The molecule has 3 N–H and O–H groups in total. The number of benzene rings is 1. The van der Waals surface area contributed by atoms with E-state index in [0.29, 0.717) is 23.6 Å². The standard InChI is InChI=1S/C15H22N2O3S/c1-10-7-13(8-14(11(10)2)21(16,19)20)15(18)17-9-12-5-3-4-6-12/h7-8,12H,3-6,9H2,1-2H3,(H,17,18)(H2,16,19,20). The molecule has 6 heteroatoms. The first-order chi connectivity index (χ1) is 9.79. The number of carbonyl (C=O) groups excluding carboxylic acids is 1. The zero-order chi connectivity index (χ0) is 15.6. The second-order valence-corrected chi connectivity index (χ2v) is 7.35. The van der Waals surface area contributed by atoms with Gasteiger partial charge in [-0.2, -0.15) is 0 Å². The number of hydrogen-bond donors (Lipinski definition) is 2. The van der Waals surface area contributed by atoms with Gasteiger partial charge in [0.15, 0.2) is 0 Å². The molecule has 1 aliphatic rings. The van der Waals surface area contributed by atoms with Crippen molar-refractivity contribution in [2.45, 2.75) is 44.4 Å². The van der Waals surface area contributed by atoms with Gasteiger partial charge in [0.05, 0.1) is 4.90 Å². The molecule has 1 fully saturated rings. The fourth-order valence-electron chi connectivity index (χ4n) is 2.81. The van der Waals surface area contributed by atoms with Crippen LogP contribution in [-0.4, -0.2) is 20.9 Å². The van der Waals surface area contributed by atoms with Gasteiger partial charge in [0.1, 0.15) is 0 Å². The van der Waals surface area contributed by atoms with Crippen LogP contribution in [0.4, 0.5) is 0 Å². The highest BCUT2D eigenvalue weighted by atomic mass is 32.2. The van der Waals surface area contributed by atoms with Crippen molar-refractivity contribution in [1.82, 2.24) is 5.32 Å². The first-order valence-electron chi connectivity index (χ1n) is 7.21. The highest BCUT2D eigenvalue weighted by Crippen LogP contribution is 2.24. The topological polar surface area (TPSA) is 89.3 Å². The quantitative estimate of drug-likeness (QED) is 0.889. The molecule has 1 amide bonds. The first-order valence-corrected chi connectivity index (χ1v) is 8.76. The molecule has 1 aliphatic carbocycles. The van der Waals surface area contributed by atoms with E-state index < -0.39 is 10.0 Å². The van der Waals surface area contributed by atoms with Gasteiger partial charge in [-0.05, 0) is 55.9 Å². The van der Waals surface area contributed by atoms with Crippen LogP contribution in [0.3, 0.4) is 0 Å². The Hall–Kier alpha value is -1.40. The first kappa shape index (κ1) is 16.0. The van der Waals surface area contributed by atoms with Crippen molar-refractivity contribution in [1.29, 1.82) is 0 Å². The Balaban J connectivity index is 2.19. The molecule has 0 aromatic heterocycles. The molecule has 1 saturated carbocycles. The minimum absolute atomic E-state index is 0.0218. The van der Waals surface area contributed by atoms with E-state index in [0.717, 1.165) is 18.4 Å². The van der Waals surface area contributed by atoms with Gasteiger partial charge in [-0.3, -0.25) is 4.79 Å². The molecule has 0 atom stereocenters. The van der Waals surface area contributed by atoms with Crippen molar-refractivity contribution >= 4 is 15.9 Å². The van der Waals surface area contributed by atoms with E-state index in [9.17, 15) is 13.2 Å². The highest BCUT2D eigenvalue weighted by molar-refractivity contribution is 7.89. The fourth-order valence-corrected chi connectivity index (χ4v) is 3.69. The van der Waals surface area contributed by atoms with Crippen LogP contribution >= 0.6 is 0 Å². The number of aryl methyl sites for hydroxylation is 1. The van der Waals surface area contributed by atoms with E-state index in [-0.39, 0.29) is 10.8 Å². The Morgan fingerprint density at radius 2 is 1.90 bits per heavy atom. The van der Waals surface area contributed by atoms with Gasteiger partial charge in [-0.25, -0.2) is 13.6 Å². The Morgan fingerprint density at radius 3 is 2.48 bits per heavy atom. The zero-order valence-electron chi connectivity index (χ0n) is 12.5. The van der Waals surface area contributed by atoms with Crippen molar-refractivity contribution < 1.29 is 13.2 Å². The van der Waals surface area contributed by atoms with Gasteiger partial charge in [0.25, 0.3) is 5.91 Å². The number of nitrogens with two attached hydrogens (primary N) is 1. The second kappa shape index (κ2) is 6.15. The van der Waals surface area contributed by atoms with Gasteiger partial charge in [-0.1, -0.05) is 12.8 Å². The van der Waals surface area contributed by atoms with Crippen LogP contribution in [0.15, 0.2) is 17.0 Å². The molecular formula is C15H22N2O3S. The Kier molecular flexibility index (Phi) is 4.68. The molecule has 0 saturated heterocycles.